The van der Waals surface area contributed by atoms with Crippen molar-refractivity contribution in [2.45, 2.75) is 56.3 Å². The normalized spacial score (nSPS) is 66.5. The van der Waals surface area contributed by atoms with Crippen LogP contribution in [0.25, 0.3) is 0 Å². The van der Waals surface area contributed by atoms with E-state index in [0.29, 0.717) is 33.7 Å². The Morgan fingerprint density at radius 1 is 0.750 bits per heavy atom. The molecule has 4 aliphatic carbocycles. The lowest BCUT2D eigenvalue weighted by Gasteiger charge is -2.70. The second kappa shape index (κ2) is 3.16. The summed E-state index contributed by atoms with van der Waals surface area (Å²) >= 11 is 27.2. The summed E-state index contributed by atoms with van der Waals surface area (Å²) in [6.45, 7) is 9.81. The summed E-state index contributed by atoms with van der Waals surface area (Å²) in [7, 11) is 0. The van der Waals surface area contributed by atoms with Gasteiger partial charge in [0, 0.05) is 16.5 Å². The van der Waals surface area contributed by atoms with Crippen molar-refractivity contribution < 1.29 is 0 Å². The molecule has 4 saturated heterocycles. The molecule has 6 heteroatoms. The van der Waals surface area contributed by atoms with Gasteiger partial charge in [0.1, 0.15) is 11.1 Å². The van der Waals surface area contributed by atoms with Gasteiger partial charge < -0.3 is 0 Å². The standard InChI is InChI=1S/C18H18Cl4N2/c1-14(2)15(3)8-6-5-7-9(8)16(14,4)24-18(7)13(22)11(20)10(19)12(21)17(6,18)23(15)24/h6-9H,5H2,1-4H3. The second-order valence-corrected chi connectivity index (χ2v) is 11.3. The minimum Gasteiger partial charge on any atom is -0.219 e. The van der Waals surface area contributed by atoms with Crippen LogP contribution < -0.4 is 0 Å². The first-order chi connectivity index (χ1) is 11.1. The van der Waals surface area contributed by atoms with Crippen LogP contribution in [0.3, 0.4) is 0 Å². The van der Waals surface area contributed by atoms with Gasteiger partial charge in [0.15, 0.2) is 0 Å². The molecule has 4 aliphatic heterocycles. The molecule has 8 rings (SSSR count). The first kappa shape index (κ1) is 14.6. The Morgan fingerprint density at radius 2 is 1.12 bits per heavy atom. The van der Waals surface area contributed by atoms with E-state index in [9.17, 15) is 0 Å². The van der Waals surface area contributed by atoms with Gasteiger partial charge in [-0.1, -0.05) is 60.3 Å². The van der Waals surface area contributed by atoms with Gasteiger partial charge in [0.2, 0.25) is 0 Å². The zero-order valence-corrected chi connectivity index (χ0v) is 16.9. The minimum absolute atomic E-state index is 0.115. The van der Waals surface area contributed by atoms with Crippen LogP contribution in [0.5, 0.6) is 0 Å². The lowest BCUT2D eigenvalue weighted by atomic mass is 9.61. The molecule has 8 unspecified atom stereocenters. The van der Waals surface area contributed by atoms with E-state index < -0.39 is 0 Å². The van der Waals surface area contributed by atoms with E-state index in [1.165, 1.54) is 6.42 Å². The van der Waals surface area contributed by atoms with E-state index in [2.05, 4.69) is 37.7 Å². The Bertz CT molecular complexity index is 810. The molecule has 24 heavy (non-hydrogen) atoms. The predicted molar refractivity (Wildman–Crippen MR) is 95.8 cm³/mol. The van der Waals surface area contributed by atoms with Crippen LogP contribution in [0.2, 0.25) is 0 Å². The molecule has 0 aromatic carbocycles. The summed E-state index contributed by atoms with van der Waals surface area (Å²) in [5.41, 5.74) is -0.0847. The van der Waals surface area contributed by atoms with E-state index in [1.54, 1.807) is 0 Å². The summed E-state index contributed by atoms with van der Waals surface area (Å²) in [5, 5.41) is 7.68. The van der Waals surface area contributed by atoms with Crippen LogP contribution in [0.4, 0.5) is 0 Å². The van der Waals surface area contributed by atoms with Crippen LogP contribution in [-0.2, 0) is 0 Å². The fourth-order valence-corrected chi connectivity index (χ4v) is 11.1. The monoisotopic (exact) mass is 402 g/mol. The molecule has 0 amide bonds. The first-order valence-electron chi connectivity index (χ1n) is 8.82. The third-order valence-corrected chi connectivity index (χ3v) is 12.2. The van der Waals surface area contributed by atoms with Crippen LogP contribution in [0.15, 0.2) is 20.1 Å². The fraction of sp³-hybridized carbons (Fsp3) is 0.778. The van der Waals surface area contributed by atoms with Gasteiger partial charge >= 0.3 is 0 Å². The molecule has 3 saturated carbocycles. The van der Waals surface area contributed by atoms with Crippen LogP contribution >= 0.6 is 46.4 Å². The number of rotatable bonds is 0. The number of nitrogens with zero attached hydrogens (tertiary/aromatic N) is 2. The average Bonchev–Trinajstić information content (AvgIpc) is 3.09. The number of allylic oxidation sites excluding steroid dienone is 2. The van der Waals surface area contributed by atoms with Crippen LogP contribution in [0.1, 0.15) is 34.1 Å². The lowest BCUT2D eigenvalue weighted by molar-refractivity contribution is -0.284. The number of hydrazine groups is 1. The number of hydrogen-bond acceptors (Lipinski definition) is 2. The van der Waals surface area contributed by atoms with E-state index in [1.807, 2.05) is 0 Å². The topological polar surface area (TPSA) is 6.48 Å². The zero-order chi connectivity index (χ0) is 17.0. The van der Waals surface area contributed by atoms with E-state index in [0.717, 1.165) is 10.1 Å². The van der Waals surface area contributed by atoms with Gasteiger partial charge in [-0.25, -0.2) is 10.0 Å². The summed E-state index contributed by atoms with van der Waals surface area (Å²) < 4.78 is 0. The maximum absolute atomic E-state index is 7.00. The molecular weight excluding hydrogens is 386 g/mol. The summed E-state index contributed by atoms with van der Waals surface area (Å²) in [6.07, 6.45) is 1.20. The average molecular weight is 404 g/mol. The van der Waals surface area contributed by atoms with Gasteiger partial charge in [-0.3, -0.25) is 0 Å². The third-order valence-electron chi connectivity index (χ3n) is 10.2. The molecule has 4 bridgehead atoms. The predicted octanol–water partition coefficient (Wildman–Crippen LogP) is 4.86. The highest BCUT2D eigenvalue weighted by Gasteiger charge is 3.07. The van der Waals surface area contributed by atoms with Gasteiger partial charge in [0.05, 0.1) is 20.1 Å². The van der Waals surface area contributed by atoms with E-state index in [4.69, 9.17) is 46.4 Å². The molecule has 2 spiro atoms. The van der Waals surface area contributed by atoms with Crippen molar-refractivity contribution in [3.63, 3.8) is 0 Å². The van der Waals surface area contributed by atoms with Crippen LogP contribution in [-0.4, -0.2) is 32.2 Å². The van der Waals surface area contributed by atoms with E-state index >= 15 is 0 Å². The quantitative estimate of drug-likeness (QED) is 0.570. The van der Waals surface area contributed by atoms with Gasteiger partial charge in [0.25, 0.3) is 0 Å². The highest BCUT2D eigenvalue weighted by Crippen LogP contribution is 2.97. The molecule has 0 N–H and O–H groups in total. The Labute approximate surface area is 161 Å². The van der Waals surface area contributed by atoms with Gasteiger partial charge in [-0.15, -0.1) is 0 Å². The number of hydrogen-bond donors (Lipinski definition) is 0. The van der Waals surface area contributed by atoms with Gasteiger partial charge in [-0.05, 0) is 43.9 Å². The smallest absolute Gasteiger partial charge is 0.101 e. The molecule has 0 radical (unpaired) electrons. The van der Waals surface area contributed by atoms with Crippen molar-refractivity contribution in [1.82, 2.24) is 10.0 Å². The third kappa shape index (κ3) is 0.734. The zero-order valence-electron chi connectivity index (χ0n) is 13.9. The molecular formula is C18H18Cl4N2. The van der Waals surface area contributed by atoms with Crippen molar-refractivity contribution in [2.24, 2.45) is 29.1 Å². The maximum Gasteiger partial charge on any atom is 0.101 e. The minimum atomic E-state index is -0.243. The molecule has 128 valence electrons. The fourth-order valence-electron chi connectivity index (χ4n) is 9.56. The van der Waals surface area contributed by atoms with Crippen molar-refractivity contribution >= 4 is 46.4 Å². The molecule has 8 aliphatic rings. The molecule has 8 atom stereocenters. The van der Waals surface area contributed by atoms with Gasteiger partial charge in [-0.2, -0.15) is 0 Å². The highest BCUT2D eigenvalue weighted by atomic mass is 35.5. The Balaban J connectivity index is 1.70. The van der Waals surface area contributed by atoms with Crippen molar-refractivity contribution in [2.75, 3.05) is 0 Å². The summed E-state index contributed by atoms with van der Waals surface area (Å²) in [6, 6.07) is 0. The molecule has 4 heterocycles. The largest absolute Gasteiger partial charge is 0.219 e. The Kier molecular flexibility index (Phi) is 1.92. The van der Waals surface area contributed by atoms with Crippen molar-refractivity contribution in [1.29, 1.82) is 0 Å². The second-order valence-electron chi connectivity index (χ2n) is 9.83. The first-order valence-corrected chi connectivity index (χ1v) is 10.3. The SMILES string of the molecule is CC12C3C4C5CC3C36C(Cl)=C(Cl)C(Cl)=C(Cl)C53N(N16)C4(C)C2(C)C. The molecule has 0 aromatic heterocycles. The maximum atomic E-state index is 7.00. The summed E-state index contributed by atoms with van der Waals surface area (Å²) in [4.78, 5) is 0. The van der Waals surface area contributed by atoms with Crippen LogP contribution in [0, 0.1) is 29.1 Å². The van der Waals surface area contributed by atoms with Crippen molar-refractivity contribution in [3.05, 3.63) is 20.1 Å². The Hall–Kier alpha value is 0.560. The summed E-state index contributed by atoms with van der Waals surface area (Å²) in [5.74, 6) is 2.43. The molecule has 0 aromatic rings. The Morgan fingerprint density at radius 3 is 1.50 bits per heavy atom. The molecule has 7 fully saturated rings. The highest BCUT2D eigenvalue weighted by molar-refractivity contribution is 6.52. The molecule has 2 nitrogen and oxygen atoms in total. The van der Waals surface area contributed by atoms with Crippen molar-refractivity contribution in [3.8, 4) is 0 Å². The lowest BCUT2D eigenvalue weighted by Crippen LogP contribution is -2.86. The number of halogens is 4. The van der Waals surface area contributed by atoms with E-state index in [-0.39, 0.29) is 27.6 Å².